The van der Waals surface area contributed by atoms with Crippen molar-refractivity contribution in [2.45, 2.75) is 58.5 Å². The van der Waals surface area contributed by atoms with E-state index in [1.165, 1.54) is 38.6 Å². The third kappa shape index (κ3) is 8.90. The Morgan fingerprint density at radius 2 is 2.00 bits per heavy atom. The van der Waals surface area contributed by atoms with Crippen LogP contribution in [0, 0.1) is 5.92 Å². The minimum absolute atomic E-state index is 0.428. The molecule has 1 unspecified atom stereocenters. The van der Waals surface area contributed by atoms with E-state index in [4.69, 9.17) is 4.74 Å². The Morgan fingerprint density at radius 3 is 2.72 bits per heavy atom. The highest BCUT2D eigenvalue weighted by Crippen LogP contribution is 2.09. The molecule has 0 aromatic heterocycles. The summed E-state index contributed by atoms with van der Waals surface area (Å²) in [4.78, 5) is 0. The fraction of sp³-hybridized carbons (Fsp3) is 1.00. The van der Waals surface area contributed by atoms with Crippen molar-refractivity contribution in [2.24, 2.45) is 5.92 Å². The van der Waals surface area contributed by atoms with Crippen LogP contribution in [0.4, 0.5) is 0 Å². The van der Waals surface area contributed by atoms with Gasteiger partial charge >= 0.3 is 0 Å². The van der Waals surface area contributed by atoms with Crippen LogP contribution in [0.15, 0.2) is 0 Å². The van der Waals surface area contributed by atoms with Crippen molar-refractivity contribution in [3.05, 3.63) is 0 Å². The van der Waals surface area contributed by atoms with Gasteiger partial charge in [-0.25, -0.2) is 0 Å². The van der Waals surface area contributed by atoms with Crippen LogP contribution in [0.3, 0.4) is 0 Å². The van der Waals surface area contributed by atoms with Gasteiger partial charge in [0.1, 0.15) is 0 Å². The number of morpholine rings is 1. The summed E-state index contributed by atoms with van der Waals surface area (Å²) in [5, 5.41) is 6.89. The summed E-state index contributed by atoms with van der Waals surface area (Å²) >= 11 is 0. The summed E-state index contributed by atoms with van der Waals surface area (Å²) in [5.41, 5.74) is 0. The normalized spacial score (nSPS) is 20.5. The third-order valence-electron chi connectivity index (χ3n) is 3.53. The molecule has 0 radical (unpaired) electrons. The van der Waals surface area contributed by atoms with E-state index in [1.807, 2.05) is 0 Å². The van der Waals surface area contributed by atoms with E-state index in [0.29, 0.717) is 6.10 Å². The van der Waals surface area contributed by atoms with Gasteiger partial charge in [0.2, 0.25) is 0 Å². The monoisotopic (exact) mass is 256 g/mol. The highest BCUT2D eigenvalue weighted by molar-refractivity contribution is 4.67. The lowest BCUT2D eigenvalue weighted by molar-refractivity contribution is 0.0239. The summed E-state index contributed by atoms with van der Waals surface area (Å²) in [5.74, 6) is 0.868. The van der Waals surface area contributed by atoms with Crippen LogP contribution in [-0.4, -0.2) is 38.9 Å². The van der Waals surface area contributed by atoms with Gasteiger partial charge < -0.3 is 15.4 Å². The largest absolute Gasteiger partial charge is 0.376 e. The minimum Gasteiger partial charge on any atom is -0.376 e. The Hall–Kier alpha value is -0.120. The van der Waals surface area contributed by atoms with E-state index in [0.717, 1.165) is 38.6 Å². The Balaban J connectivity index is 1.75. The first kappa shape index (κ1) is 15.9. The first-order chi connectivity index (χ1) is 8.79. The Morgan fingerprint density at radius 1 is 1.17 bits per heavy atom. The van der Waals surface area contributed by atoms with Crippen LogP contribution in [0.1, 0.15) is 52.4 Å². The standard InChI is InChI=1S/C15H32N2O/c1-14(2)7-5-3-4-6-9-16-10-8-15-13-17-11-12-18-15/h14-17H,3-13H2,1-2H3. The van der Waals surface area contributed by atoms with Crippen molar-refractivity contribution in [2.75, 3.05) is 32.8 Å². The van der Waals surface area contributed by atoms with Crippen molar-refractivity contribution in [1.82, 2.24) is 10.6 Å². The highest BCUT2D eigenvalue weighted by Gasteiger charge is 2.11. The number of rotatable bonds is 10. The van der Waals surface area contributed by atoms with Gasteiger partial charge in [0.05, 0.1) is 12.7 Å². The lowest BCUT2D eigenvalue weighted by Crippen LogP contribution is -2.40. The van der Waals surface area contributed by atoms with E-state index in [9.17, 15) is 0 Å². The molecule has 1 atom stereocenters. The summed E-state index contributed by atoms with van der Waals surface area (Å²) in [7, 11) is 0. The zero-order chi connectivity index (χ0) is 13.1. The van der Waals surface area contributed by atoms with E-state index in [1.54, 1.807) is 0 Å². The second-order valence-corrected chi connectivity index (χ2v) is 5.83. The summed E-state index contributed by atoms with van der Waals surface area (Å²) in [6, 6.07) is 0. The van der Waals surface area contributed by atoms with Gasteiger partial charge in [-0.1, -0.05) is 39.5 Å². The molecule has 1 aliphatic rings. The van der Waals surface area contributed by atoms with Crippen molar-refractivity contribution < 1.29 is 4.74 Å². The van der Waals surface area contributed by atoms with Gasteiger partial charge in [0, 0.05) is 13.1 Å². The van der Waals surface area contributed by atoms with E-state index >= 15 is 0 Å². The fourth-order valence-electron chi connectivity index (χ4n) is 2.35. The molecule has 1 saturated heterocycles. The first-order valence-electron chi connectivity index (χ1n) is 7.82. The molecular formula is C15H32N2O. The van der Waals surface area contributed by atoms with Gasteiger partial charge in [-0.15, -0.1) is 0 Å². The molecule has 0 amide bonds. The molecule has 0 aliphatic carbocycles. The lowest BCUT2D eigenvalue weighted by atomic mass is 10.0. The predicted molar refractivity (Wildman–Crippen MR) is 78.0 cm³/mol. The zero-order valence-electron chi connectivity index (χ0n) is 12.3. The molecule has 2 N–H and O–H groups in total. The minimum atomic E-state index is 0.428. The third-order valence-corrected chi connectivity index (χ3v) is 3.53. The number of hydrogen-bond acceptors (Lipinski definition) is 3. The number of hydrogen-bond donors (Lipinski definition) is 2. The maximum Gasteiger partial charge on any atom is 0.0712 e. The van der Waals surface area contributed by atoms with Crippen LogP contribution >= 0.6 is 0 Å². The number of nitrogens with one attached hydrogen (secondary N) is 2. The van der Waals surface area contributed by atoms with Crippen LogP contribution in [0.2, 0.25) is 0 Å². The SMILES string of the molecule is CC(C)CCCCCCNCCC1CNCCO1. The van der Waals surface area contributed by atoms with Crippen LogP contribution in [-0.2, 0) is 4.74 Å². The quantitative estimate of drug-likeness (QED) is 0.589. The van der Waals surface area contributed by atoms with Crippen molar-refractivity contribution >= 4 is 0 Å². The topological polar surface area (TPSA) is 33.3 Å². The lowest BCUT2D eigenvalue weighted by Gasteiger charge is -2.23. The molecule has 0 aromatic carbocycles. The van der Waals surface area contributed by atoms with Gasteiger partial charge in [-0.2, -0.15) is 0 Å². The molecule has 0 aromatic rings. The molecule has 3 nitrogen and oxygen atoms in total. The molecule has 108 valence electrons. The van der Waals surface area contributed by atoms with E-state index < -0.39 is 0 Å². The maximum absolute atomic E-state index is 5.66. The first-order valence-corrected chi connectivity index (χ1v) is 7.82. The van der Waals surface area contributed by atoms with E-state index in [-0.39, 0.29) is 0 Å². The summed E-state index contributed by atoms with van der Waals surface area (Å²) in [6.07, 6.45) is 8.45. The molecule has 1 rings (SSSR count). The molecule has 18 heavy (non-hydrogen) atoms. The maximum atomic E-state index is 5.66. The predicted octanol–water partition coefficient (Wildman–Crippen LogP) is 2.56. The smallest absolute Gasteiger partial charge is 0.0712 e. The average Bonchev–Trinajstić information content (AvgIpc) is 2.37. The molecule has 1 aliphatic heterocycles. The molecule has 3 heteroatoms. The van der Waals surface area contributed by atoms with Crippen LogP contribution in [0.5, 0.6) is 0 Å². The van der Waals surface area contributed by atoms with Gasteiger partial charge in [-0.05, 0) is 31.8 Å². The second-order valence-electron chi connectivity index (χ2n) is 5.83. The van der Waals surface area contributed by atoms with Crippen LogP contribution in [0.25, 0.3) is 0 Å². The van der Waals surface area contributed by atoms with Gasteiger partial charge in [0.15, 0.2) is 0 Å². The Labute approximate surface area is 113 Å². The second kappa shape index (κ2) is 10.8. The van der Waals surface area contributed by atoms with Gasteiger partial charge in [0.25, 0.3) is 0 Å². The van der Waals surface area contributed by atoms with Crippen molar-refractivity contribution in [3.63, 3.8) is 0 Å². The summed E-state index contributed by atoms with van der Waals surface area (Å²) < 4.78 is 5.66. The molecule has 1 fully saturated rings. The molecule has 0 bridgehead atoms. The fourth-order valence-corrected chi connectivity index (χ4v) is 2.35. The van der Waals surface area contributed by atoms with Crippen molar-refractivity contribution in [1.29, 1.82) is 0 Å². The summed E-state index contributed by atoms with van der Waals surface area (Å²) in [6.45, 7) is 9.80. The average molecular weight is 256 g/mol. The number of ether oxygens (including phenoxy) is 1. The highest BCUT2D eigenvalue weighted by atomic mass is 16.5. The molecular weight excluding hydrogens is 224 g/mol. The Bertz CT molecular complexity index is 179. The van der Waals surface area contributed by atoms with Gasteiger partial charge in [-0.3, -0.25) is 0 Å². The van der Waals surface area contributed by atoms with Crippen molar-refractivity contribution in [3.8, 4) is 0 Å². The van der Waals surface area contributed by atoms with E-state index in [2.05, 4.69) is 24.5 Å². The Kier molecular flexibility index (Phi) is 9.54. The number of unbranched alkanes of at least 4 members (excludes halogenated alkanes) is 3. The zero-order valence-corrected chi connectivity index (χ0v) is 12.3. The molecule has 0 saturated carbocycles. The van der Waals surface area contributed by atoms with Crippen LogP contribution < -0.4 is 10.6 Å². The molecule has 0 spiro atoms. The molecule has 1 heterocycles.